The van der Waals surface area contributed by atoms with E-state index in [2.05, 4.69) is 17.1 Å². The van der Waals surface area contributed by atoms with E-state index in [0.29, 0.717) is 18.1 Å². The molecule has 18 heavy (non-hydrogen) atoms. The number of pyridine rings is 1. The molecule has 0 aliphatic heterocycles. The number of hydrogen-bond donors (Lipinski definition) is 0. The van der Waals surface area contributed by atoms with Crippen molar-refractivity contribution >= 4 is 0 Å². The minimum Gasteiger partial charge on any atom is -0.492 e. The number of rotatable bonds is 5. The van der Waals surface area contributed by atoms with E-state index in [4.69, 9.17) is 10.00 Å². The molecule has 0 fully saturated rings. The van der Waals surface area contributed by atoms with E-state index in [0.717, 1.165) is 12.8 Å². The Morgan fingerprint density at radius 1 is 1.11 bits per heavy atom. The summed E-state index contributed by atoms with van der Waals surface area (Å²) in [5.74, 6) is 0.710. The lowest BCUT2D eigenvalue weighted by Gasteiger charge is -2.05. The van der Waals surface area contributed by atoms with Crippen LogP contribution < -0.4 is 4.74 Å². The smallest absolute Gasteiger partial charge is 0.140 e. The van der Waals surface area contributed by atoms with Crippen LogP contribution in [0.1, 0.15) is 17.7 Å². The summed E-state index contributed by atoms with van der Waals surface area (Å²) in [7, 11) is 0. The maximum atomic E-state index is 8.62. The summed E-state index contributed by atoms with van der Waals surface area (Å²) in [6.45, 7) is 0.655. The summed E-state index contributed by atoms with van der Waals surface area (Å²) in [5, 5.41) is 8.62. The molecular weight excluding hydrogens is 224 g/mol. The van der Waals surface area contributed by atoms with Gasteiger partial charge in [0, 0.05) is 0 Å². The van der Waals surface area contributed by atoms with Crippen LogP contribution in [0.3, 0.4) is 0 Å². The Kier molecular flexibility index (Phi) is 4.32. The van der Waals surface area contributed by atoms with Crippen LogP contribution in [0, 0.1) is 11.3 Å². The maximum Gasteiger partial charge on any atom is 0.140 e. The Morgan fingerprint density at radius 3 is 2.61 bits per heavy atom. The van der Waals surface area contributed by atoms with E-state index in [1.54, 1.807) is 18.3 Å². The van der Waals surface area contributed by atoms with E-state index in [1.165, 1.54) is 5.56 Å². The minimum atomic E-state index is 0.409. The molecule has 0 atom stereocenters. The molecule has 1 aromatic heterocycles. The summed E-state index contributed by atoms with van der Waals surface area (Å²) >= 11 is 0. The first-order valence-corrected chi connectivity index (χ1v) is 5.91. The SMILES string of the molecule is N#Cc1ccc(OCCCc2ccccc2)cn1. The molecule has 1 aromatic carbocycles. The van der Waals surface area contributed by atoms with Crippen LogP contribution in [0.2, 0.25) is 0 Å². The number of nitrogens with zero attached hydrogens (tertiary/aromatic N) is 2. The lowest BCUT2D eigenvalue weighted by Crippen LogP contribution is -1.99. The lowest BCUT2D eigenvalue weighted by molar-refractivity contribution is 0.310. The average molecular weight is 238 g/mol. The van der Waals surface area contributed by atoms with Crippen molar-refractivity contribution in [3.8, 4) is 11.8 Å². The molecule has 0 radical (unpaired) electrons. The molecule has 1 heterocycles. The van der Waals surface area contributed by atoms with Crippen molar-refractivity contribution in [2.75, 3.05) is 6.61 Å². The molecule has 0 aliphatic carbocycles. The Bertz CT molecular complexity index is 514. The van der Waals surface area contributed by atoms with Gasteiger partial charge in [0.1, 0.15) is 17.5 Å². The monoisotopic (exact) mass is 238 g/mol. The van der Waals surface area contributed by atoms with Crippen LogP contribution in [0.25, 0.3) is 0 Å². The van der Waals surface area contributed by atoms with E-state index < -0.39 is 0 Å². The Labute approximate surface area is 107 Å². The van der Waals surface area contributed by atoms with Crippen molar-refractivity contribution in [2.24, 2.45) is 0 Å². The van der Waals surface area contributed by atoms with Gasteiger partial charge in [-0.2, -0.15) is 5.26 Å². The van der Waals surface area contributed by atoms with Crippen molar-refractivity contribution in [1.82, 2.24) is 4.98 Å². The zero-order valence-electron chi connectivity index (χ0n) is 10.0. The van der Waals surface area contributed by atoms with E-state index >= 15 is 0 Å². The van der Waals surface area contributed by atoms with Gasteiger partial charge in [-0.05, 0) is 30.5 Å². The number of hydrogen-bond acceptors (Lipinski definition) is 3. The van der Waals surface area contributed by atoms with Crippen LogP contribution in [0.5, 0.6) is 5.75 Å². The molecule has 0 saturated carbocycles. The fourth-order valence-corrected chi connectivity index (χ4v) is 1.64. The Hall–Kier alpha value is -2.34. The van der Waals surface area contributed by atoms with Crippen molar-refractivity contribution in [3.63, 3.8) is 0 Å². The standard InChI is InChI=1S/C15H14N2O/c16-11-14-8-9-15(12-17-14)18-10-4-7-13-5-2-1-3-6-13/h1-3,5-6,8-9,12H,4,7,10H2. The van der Waals surface area contributed by atoms with Crippen LogP contribution in [-0.4, -0.2) is 11.6 Å². The molecule has 0 aliphatic rings. The molecule has 90 valence electrons. The number of ether oxygens (including phenoxy) is 1. The zero-order valence-corrected chi connectivity index (χ0v) is 10.0. The van der Waals surface area contributed by atoms with Gasteiger partial charge in [0.15, 0.2) is 0 Å². The van der Waals surface area contributed by atoms with Gasteiger partial charge in [-0.25, -0.2) is 4.98 Å². The predicted octanol–water partition coefficient (Wildman–Crippen LogP) is 2.96. The number of aromatic nitrogens is 1. The predicted molar refractivity (Wildman–Crippen MR) is 69.2 cm³/mol. The summed E-state index contributed by atoms with van der Waals surface area (Å²) in [4.78, 5) is 3.95. The van der Waals surface area contributed by atoms with Crippen LogP contribution in [0.15, 0.2) is 48.7 Å². The summed E-state index contributed by atoms with van der Waals surface area (Å²) < 4.78 is 5.56. The van der Waals surface area contributed by atoms with E-state index in [9.17, 15) is 0 Å². The van der Waals surface area contributed by atoms with Gasteiger partial charge >= 0.3 is 0 Å². The number of nitriles is 1. The highest BCUT2D eigenvalue weighted by Gasteiger charge is 1.96. The average Bonchev–Trinajstić information content (AvgIpc) is 2.45. The van der Waals surface area contributed by atoms with Gasteiger partial charge in [-0.3, -0.25) is 0 Å². The molecule has 0 bridgehead atoms. The maximum absolute atomic E-state index is 8.62. The molecule has 2 aromatic rings. The van der Waals surface area contributed by atoms with Crippen LogP contribution >= 0.6 is 0 Å². The van der Waals surface area contributed by atoms with Gasteiger partial charge < -0.3 is 4.74 Å². The van der Waals surface area contributed by atoms with Crippen LogP contribution in [0.4, 0.5) is 0 Å². The van der Waals surface area contributed by atoms with Gasteiger partial charge in [-0.15, -0.1) is 0 Å². The highest BCUT2D eigenvalue weighted by Crippen LogP contribution is 2.10. The molecule has 0 saturated heterocycles. The van der Waals surface area contributed by atoms with Crippen molar-refractivity contribution < 1.29 is 4.74 Å². The van der Waals surface area contributed by atoms with E-state index in [-0.39, 0.29) is 0 Å². The highest BCUT2D eigenvalue weighted by atomic mass is 16.5. The Morgan fingerprint density at radius 2 is 1.94 bits per heavy atom. The molecule has 3 nitrogen and oxygen atoms in total. The molecular formula is C15H14N2O. The first-order chi connectivity index (χ1) is 8.88. The molecule has 0 N–H and O–H groups in total. The topological polar surface area (TPSA) is 45.9 Å². The van der Waals surface area contributed by atoms with Gasteiger partial charge in [0.25, 0.3) is 0 Å². The Balaban J connectivity index is 1.74. The summed E-state index contributed by atoms with van der Waals surface area (Å²) in [6.07, 6.45) is 3.55. The molecule has 0 amide bonds. The summed E-state index contributed by atoms with van der Waals surface area (Å²) in [6, 6.07) is 15.7. The second kappa shape index (κ2) is 6.41. The third-order valence-electron chi connectivity index (χ3n) is 2.57. The highest BCUT2D eigenvalue weighted by molar-refractivity contribution is 5.26. The number of aryl methyl sites for hydroxylation is 1. The fraction of sp³-hybridized carbons (Fsp3) is 0.200. The normalized spacial score (nSPS) is 9.72. The molecule has 0 unspecified atom stereocenters. The van der Waals surface area contributed by atoms with Gasteiger partial charge in [-0.1, -0.05) is 30.3 Å². The van der Waals surface area contributed by atoms with Crippen molar-refractivity contribution in [2.45, 2.75) is 12.8 Å². The molecule has 3 heteroatoms. The fourth-order valence-electron chi connectivity index (χ4n) is 1.64. The van der Waals surface area contributed by atoms with Gasteiger partial charge in [0.05, 0.1) is 12.8 Å². The quantitative estimate of drug-likeness (QED) is 0.752. The first-order valence-electron chi connectivity index (χ1n) is 5.91. The van der Waals surface area contributed by atoms with Crippen molar-refractivity contribution in [1.29, 1.82) is 5.26 Å². The van der Waals surface area contributed by atoms with Gasteiger partial charge in [0.2, 0.25) is 0 Å². The molecule has 0 spiro atoms. The second-order valence-corrected chi connectivity index (χ2v) is 3.93. The largest absolute Gasteiger partial charge is 0.492 e. The first kappa shape index (κ1) is 12.1. The zero-order chi connectivity index (χ0) is 12.6. The minimum absolute atomic E-state index is 0.409. The van der Waals surface area contributed by atoms with E-state index in [1.807, 2.05) is 24.3 Å². The summed E-state index contributed by atoms with van der Waals surface area (Å²) in [5.41, 5.74) is 1.73. The number of benzene rings is 1. The third kappa shape index (κ3) is 3.60. The van der Waals surface area contributed by atoms with Crippen LogP contribution in [-0.2, 0) is 6.42 Å². The van der Waals surface area contributed by atoms with Crippen molar-refractivity contribution in [3.05, 3.63) is 59.9 Å². The second-order valence-electron chi connectivity index (χ2n) is 3.93. The third-order valence-corrected chi connectivity index (χ3v) is 2.57. The molecule has 2 rings (SSSR count). The lowest BCUT2D eigenvalue weighted by atomic mass is 10.1.